The van der Waals surface area contributed by atoms with E-state index in [2.05, 4.69) is 22.9 Å². The van der Waals surface area contributed by atoms with Gasteiger partial charge < -0.3 is 19.4 Å². The van der Waals surface area contributed by atoms with Gasteiger partial charge in [-0.3, -0.25) is 4.79 Å². The van der Waals surface area contributed by atoms with Crippen molar-refractivity contribution in [1.82, 2.24) is 14.9 Å². The minimum Gasteiger partial charge on any atom is -0.492 e. The fraction of sp³-hybridized carbons (Fsp3) is 0.391. The highest BCUT2D eigenvalue weighted by Crippen LogP contribution is 2.18. The van der Waals surface area contributed by atoms with Crippen LogP contribution >= 0.6 is 0 Å². The number of aryl methyl sites for hydroxylation is 1. The van der Waals surface area contributed by atoms with Gasteiger partial charge in [-0.1, -0.05) is 29.8 Å². The molecule has 1 aliphatic heterocycles. The van der Waals surface area contributed by atoms with Crippen molar-refractivity contribution in [3.8, 4) is 5.75 Å². The Morgan fingerprint density at radius 3 is 2.86 bits per heavy atom. The zero-order valence-electron chi connectivity index (χ0n) is 16.8. The van der Waals surface area contributed by atoms with E-state index in [4.69, 9.17) is 14.5 Å². The highest BCUT2D eigenvalue weighted by Gasteiger charge is 2.23. The largest absolute Gasteiger partial charge is 0.492 e. The molecule has 1 fully saturated rings. The number of imidazole rings is 1. The highest BCUT2D eigenvalue weighted by atomic mass is 16.5. The normalized spacial score (nSPS) is 16.2. The van der Waals surface area contributed by atoms with Gasteiger partial charge in [0.25, 0.3) is 0 Å². The lowest BCUT2D eigenvalue weighted by atomic mass is 10.2. The van der Waals surface area contributed by atoms with E-state index in [1.54, 1.807) is 0 Å². The number of hydrogen-bond donors (Lipinski definition) is 1. The van der Waals surface area contributed by atoms with Gasteiger partial charge in [-0.15, -0.1) is 0 Å². The van der Waals surface area contributed by atoms with E-state index in [0.29, 0.717) is 32.7 Å². The van der Waals surface area contributed by atoms with Crippen molar-refractivity contribution in [2.45, 2.75) is 38.8 Å². The first-order valence-corrected chi connectivity index (χ1v) is 10.2. The number of benzene rings is 2. The van der Waals surface area contributed by atoms with E-state index in [-0.39, 0.29) is 12.0 Å². The molecule has 1 atom stereocenters. The van der Waals surface area contributed by atoms with Gasteiger partial charge in [0.15, 0.2) is 0 Å². The lowest BCUT2D eigenvalue weighted by Gasteiger charge is -2.12. The summed E-state index contributed by atoms with van der Waals surface area (Å²) in [6.45, 7) is 4.53. The van der Waals surface area contributed by atoms with Crippen molar-refractivity contribution in [2.75, 3.05) is 19.8 Å². The summed E-state index contributed by atoms with van der Waals surface area (Å²) in [6.07, 6.45) is 2.13. The molecule has 29 heavy (non-hydrogen) atoms. The second-order valence-electron chi connectivity index (χ2n) is 7.37. The average molecular weight is 393 g/mol. The monoisotopic (exact) mass is 393 g/mol. The lowest BCUT2D eigenvalue weighted by Crippen LogP contribution is -2.35. The quantitative estimate of drug-likeness (QED) is 0.638. The maximum Gasteiger partial charge on any atom is 0.249 e. The van der Waals surface area contributed by atoms with Crippen LogP contribution in [-0.4, -0.2) is 41.3 Å². The third kappa shape index (κ3) is 4.77. The van der Waals surface area contributed by atoms with Crippen LogP contribution in [-0.2, 0) is 22.5 Å². The molecule has 2 aromatic carbocycles. The van der Waals surface area contributed by atoms with Gasteiger partial charge in [-0.05, 0) is 44.0 Å². The summed E-state index contributed by atoms with van der Waals surface area (Å²) in [5, 5.41) is 2.98. The van der Waals surface area contributed by atoms with Crippen molar-refractivity contribution in [3.63, 3.8) is 0 Å². The maximum atomic E-state index is 12.2. The number of rotatable bonds is 8. The fourth-order valence-electron chi connectivity index (χ4n) is 3.65. The van der Waals surface area contributed by atoms with Crippen molar-refractivity contribution in [2.24, 2.45) is 0 Å². The van der Waals surface area contributed by atoms with Crippen LogP contribution < -0.4 is 10.1 Å². The summed E-state index contributed by atoms with van der Waals surface area (Å²) in [5.41, 5.74) is 3.26. The summed E-state index contributed by atoms with van der Waals surface area (Å²) in [6, 6.07) is 16.2. The number of ether oxygens (including phenoxy) is 2. The molecule has 1 aromatic heterocycles. The second-order valence-corrected chi connectivity index (χ2v) is 7.37. The Bertz CT molecular complexity index is 959. The Morgan fingerprint density at radius 2 is 2.07 bits per heavy atom. The van der Waals surface area contributed by atoms with Gasteiger partial charge in [0.1, 0.15) is 24.3 Å². The van der Waals surface area contributed by atoms with Crippen LogP contribution in [0.2, 0.25) is 0 Å². The summed E-state index contributed by atoms with van der Waals surface area (Å²) in [4.78, 5) is 16.9. The molecule has 1 saturated heterocycles. The molecule has 3 aromatic rings. The van der Waals surface area contributed by atoms with Gasteiger partial charge in [-0.2, -0.15) is 0 Å². The van der Waals surface area contributed by atoms with Crippen molar-refractivity contribution in [1.29, 1.82) is 0 Å². The lowest BCUT2D eigenvalue weighted by molar-refractivity contribution is -0.130. The molecule has 1 amide bonds. The molecule has 0 radical (unpaired) electrons. The summed E-state index contributed by atoms with van der Waals surface area (Å²) < 4.78 is 13.5. The smallest absolute Gasteiger partial charge is 0.249 e. The topological polar surface area (TPSA) is 65.4 Å². The Labute approximate surface area is 170 Å². The van der Waals surface area contributed by atoms with E-state index in [1.807, 2.05) is 42.5 Å². The summed E-state index contributed by atoms with van der Waals surface area (Å²) >= 11 is 0. The Hall–Kier alpha value is -2.86. The number of carbonyl (C=O) groups excluding carboxylic acids is 1. The molecule has 2 heterocycles. The van der Waals surface area contributed by atoms with Gasteiger partial charge in [0.05, 0.1) is 17.6 Å². The predicted molar refractivity (Wildman–Crippen MR) is 112 cm³/mol. The number of nitrogens with zero attached hydrogens (tertiary/aromatic N) is 2. The van der Waals surface area contributed by atoms with Crippen LogP contribution in [0.3, 0.4) is 0 Å². The number of amides is 1. The molecule has 1 unspecified atom stereocenters. The van der Waals surface area contributed by atoms with Gasteiger partial charge in [0, 0.05) is 19.6 Å². The Kier molecular flexibility index (Phi) is 6.10. The van der Waals surface area contributed by atoms with Crippen LogP contribution in [0.5, 0.6) is 5.75 Å². The Balaban J connectivity index is 1.39. The first kappa shape index (κ1) is 19.5. The summed E-state index contributed by atoms with van der Waals surface area (Å²) in [7, 11) is 0. The fourth-order valence-corrected chi connectivity index (χ4v) is 3.65. The molecule has 0 aliphatic carbocycles. The van der Waals surface area contributed by atoms with E-state index >= 15 is 0 Å². The molecule has 6 heteroatoms. The third-order valence-corrected chi connectivity index (χ3v) is 5.21. The van der Waals surface area contributed by atoms with Crippen molar-refractivity contribution >= 4 is 16.9 Å². The maximum absolute atomic E-state index is 12.2. The minimum atomic E-state index is -0.295. The first-order valence-electron chi connectivity index (χ1n) is 10.2. The number of aromatic nitrogens is 2. The molecule has 1 aliphatic rings. The standard InChI is InChI=1S/C23H27N3O3/c1-17-8-10-18(11-9-17)28-16-14-26-20-6-3-2-5-19(20)25-22(26)12-13-24-23(27)21-7-4-15-29-21/h2-3,5-6,8-11,21H,4,7,12-16H2,1H3,(H,24,27). The van der Waals surface area contributed by atoms with Crippen molar-refractivity contribution < 1.29 is 14.3 Å². The van der Waals surface area contributed by atoms with Crippen LogP contribution in [0.15, 0.2) is 48.5 Å². The molecular formula is C23H27N3O3. The van der Waals surface area contributed by atoms with Crippen LogP contribution in [0.25, 0.3) is 11.0 Å². The van der Waals surface area contributed by atoms with Gasteiger partial charge in [0.2, 0.25) is 5.91 Å². The van der Waals surface area contributed by atoms with E-state index in [1.165, 1.54) is 5.56 Å². The Morgan fingerprint density at radius 1 is 1.24 bits per heavy atom. The minimum absolute atomic E-state index is 0.0205. The summed E-state index contributed by atoms with van der Waals surface area (Å²) in [5.74, 6) is 1.80. The van der Waals surface area contributed by atoms with Gasteiger partial charge >= 0.3 is 0 Å². The molecule has 1 N–H and O–H groups in total. The number of fused-ring (bicyclic) bond motifs is 1. The van der Waals surface area contributed by atoms with E-state index in [0.717, 1.165) is 35.4 Å². The molecule has 152 valence electrons. The molecule has 6 nitrogen and oxygen atoms in total. The number of hydrogen-bond acceptors (Lipinski definition) is 4. The van der Waals surface area contributed by atoms with Crippen LogP contribution in [0.1, 0.15) is 24.2 Å². The second kappa shape index (κ2) is 9.09. The SMILES string of the molecule is Cc1ccc(OCCn2c(CCNC(=O)C3CCCO3)nc3ccccc32)cc1. The molecule has 4 rings (SSSR count). The van der Waals surface area contributed by atoms with Crippen molar-refractivity contribution in [3.05, 3.63) is 59.9 Å². The number of para-hydroxylation sites is 2. The van der Waals surface area contributed by atoms with Gasteiger partial charge in [-0.25, -0.2) is 4.98 Å². The predicted octanol–water partition coefficient (Wildman–Crippen LogP) is 3.26. The first-order chi connectivity index (χ1) is 14.2. The van der Waals surface area contributed by atoms with E-state index in [9.17, 15) is 4.79 Å². The third-order valence-electron chi connectivity index (χ3n) is 5.21. The molecule has 0 saturated carbocycles. The average Bonchev–Trinajstić information content (AvgIpc) is 3.38. The number of nitrogens with one attached hydrogen (secondary N) is 1. The molecule has 0 bridgehead atoms. The number of carbonyl (C=O) groups is 1. The van der Waals surface area contributed by atoms with Crippen LogP contribution in [0.4, 0.5) is 0 Å². The van der Waals surface area contributed by atoms with E-state index < -0.39 is 0 Å². The molecular weight excluding hydrogens is 366 g/mol. The highest BCUT2D eigenvalue weighted by molar-refractivity contribution is 5.81. The zero-order chi connectivity index (χ0) is 20.1. The molecule has 0 spiro atoms. The van der Waals surface area contributed by atoms with Crippen LogP contribution in [0, 0.1) is 6.92 Å². The zero-order valence-corrected chi connectivity index (χ0v) is 16.8.